The number of tetrazole rings is 1. The van der Waals surface area contributed by atoms with Gasteiger partial charge in [-0.3, -0.25) is 4.79 Å². The Morgan fingerprint density at radius 3 is 2.83 bits per heavy atom. The molecule has 23 heavy (non-hydrogen) atoms. The number of benzene rings is 1. The van der Waals surface area contributed by atoms with Crippen molar-refractivity contribution < 1.29 is 4.79 Å². The number of aromatic nitrogens is 5. The Bertz CT molecular complexity index is 784. The summed E-state index contributed by atoms with van der Waals surface area (Å²) in [6, 6.07) is 7.86. The highest BCUT2D eigenvalue weighted by atomic mass is 32.2. The van der Waals surface area contributed by atoms with Crippen molar-refractivity contribution in [1.82, 2.24) is 25.2 Å². The summed E-state index contributed by atoms with van der Waals surface area (Å²) >= 11 is 2.68. The molecule has 0 saturated carbocycles. The van der Waals surface area contributed by atoms with E-state index in [1.807, 2.05) is 43.5 Å². The normalized spacial score (nSPS) is 12.1. The summed E-state index contributed by atoms with van der Waals surface area (Å²) in [6.07, 6.45) is 1.65. The van der Waals surface area contributed by atoms with Gasteiger partial charge in [-0.25, -0.2) is 4.98 Å². The van der Waals surface area contributed by atoms with Gasteiger partial charge in [-0.05, 0) is 36.4 Å². The Morgan fingerprint density at radius 1 is 1.35 bits per heavy atom. The molecule has 7 nitrogen and oxygen atoms in total. The molecule has 1 atom stereocenters. The summed E-state index contributed by atoms with van der Waals surface area (Å²) in [6.45, 7) is 3.83. The van der Waals surface area contributed by atoms with Crippen molar-refractivity contribution in [3.63, 3.8) is 0 Å². The average molecular weight is 346 g/mol. The lowest BCUT2D eigenvalue weighted by Crippen LogP contribution is -2.22. The smallest absolute Gasteiger partial charge is 0.239 e. The van der Waals surface area contributed by atoms with Crippen LogP contribution in [0.2, 0.25) is 0 Å². The number of carbonyl (C=O) groups is 1. The summed E-state index contributed by atoms with van der Waals surface area (Å²) < 4.78 is 1.62. The van der Waals surface area contributed by atoms with Gasteiger partial charge < -0.3 is 5.32 Å². The van der Waals surface area contributed by atoms with Crippen LogP contribution >= 0.6 is 23.1 Å². The molecule has 118 valence electrons. The fourth-order valence-corrected chi connectivity index (χ4v) is 3.14. The van der Waals surface area contributed by atoms with E-state index in [9.17, 15) is 4.79 Å². The molecule has 2 aromatic heterocycles. The number of amides is 1. The Kier molecular flexibility index (Phi) is 4.68. The van der Waals surface area contributed by atoms with Crippen molar-refractivity contribution >= 4 is 34.1 Å². The van der Waals surface area contributed by atoms with Crippen LogP contribution in [0.3, 0.4) is 0 Å². The summed E-state index contributed by atoms with van der Waals surface area (Å²) in [4.78, 5) is 16.2. The fraction of sp³-hybridized carbons (Fsp3) is 0.214. The molecule has 1 aromatic carbocycles. The first-order valence-corrected chi connectivity index (χ1v) is 8.62. The highest BCUT2D eigenvalue weighted by molar-refractivity contribution is 8.00. The van der Waals surface area contributed by atoms with E-state index in [1.54, 1.807) is 10.9 Å². The van der Waals surface area contributed by atoms with Gasteiger partial charge in [0.15, 0.2) is 5.13 Å². The molecule has 0 aliphatic carbocycles. The van der Waals surface area contributed by atoms with Crippen molar-refractivity contribution in [2.75, 3.05) is 5.32 Å². The molecule has 1 amide bonds. The number of hydrogen-bond donors (Lipinski definition) is 1. The Labute approximate surface area is 141 Å². The van der Waals surface area contributed by atoms with Gasteiger partial charge in [-0.2, -0.15) is 4.68 Å². The van der Waals surface area contributed by atoms with E-state index in [4.69, 9.17) is 0 Å². The maximum Gasteiger partial charge on any atom is 0.239 e. The van der Waals surface area contributed by atoms with Crippen LogP contribution in [0, 0.1) is 6.92 Å². The number of anilines is 1. The highest BCUT2D eigenvalue weighted by Crippen LogP contribution is 2.24. The largest absolute Gasteiger partial charge is 0.301 e. The molecule has 2 heterocycles. The van der Waals surface area contributed by atoms with Gasteiger partial charge in [-0.1, -0.05) is 29.5 Å². The number of nitrogens with zero attached hydrogens (tertiary/aromatic N) is 5. The van der Waals surface area contributed by atoms with Crippen molar-refractivity contribution in [2.24, 2.45) is 0 Å². The molecule has 0 aliphatic heterocycles. The maximum absolute atomic E-state index is 12.2. The number of hydrogen-bond acceptors (Lipinski definition) is 7. The number of aryl methyl sites for hydroxylation is 1. The second-order valence-electron chi connectivity index (χ2n) is 4.80. The molecule has 0 spiro atoms. The van der Waals surface area contributed by atoms with Crippen LogP contribution < -0.4 is 5.32 Å². The van der Waals surface area contributed by atoms with Crippen molar-refractivity contribution in [2.45, 2.75) is 24.3 Å². The number of carbonyl (C=O) groups excluding carboxylic acids is 1. The van der Waals surface area contributed by atoms with Gasteiger partial charge >= 0.3 is 0 Å². The number of nitrogens with one attached hydrogen (secondary N) is 1. The fourth-order valence-electron chi connectivity index (χ4n) is 1.80. The molecule has 0 bridgehead atoms. The molecule has 0 fully saturated rings. The van der Waals surface area contributed by atoms with Crippen LogP contribution in [0.1, 0.15) is 12.5 Å². The maximum atomic E-state index is 12.2. The number of thiazole rings is 1. The number of rotatable bonds is 5. The molecule has 3 rings (SSSR count). The third-order valence-corrected chi connectivity index (χ3v) is 4.75. The van der Waals surface area contributed by atoms with Crippen molar-refractivity contribution in [3.05, 3.63) is 41.4 Å². The minimum Gasteiger partial charge on any atom is -0.301 e. The van der Waals surface area contributed by atoms with Crippen LogP contribution in [0.25, 0.3) is 5.69 Å². The van der Waals surface area contributed by atoms with E-state index in [1.165, 1.54) is 23.1 Å². The summed E-state index contributed by atoms with van der Waals surface area (Å²) in [5.74, 6) is -0.136. The summed E-state index contributed by atoms with van der Waals surface area (Å²) in [5, 5.41) is 17.1. The van der Waals surface area contributed by atoms with E-state index in [2.05, 4.69) is 25.8 Å². The lowest BCUT2D eigenvalue weighted by atomic mass is 10.2. The molecule has 0 radical (unpaired) electrons. The first kappa shape index (κ1) is 15.6. The van der Waals surface area contributed by atoms with E-state index in [0.717, 1.165) is 11.3 Å². The minimum atomic E-state index is -0.353. The lowest BCUT2D eigenvalue weighted by molar-refractivity contribution is -0.115. The van der Waals surface area contributed by atoms with E-state index < -0.39 is 0 Å². The van der Waals surface area contributed by atoms with Crippen LogP contribution in [0.15, 0.2) is 41.0 Å². The quantitative estimate of drug-likeness (QED) is 0.715. The molecule has 1 N–H and O–H groups in total. The predicted octanol–water partition coefficient (Wildman–Crippen LogP) is 2.55. The summed E-state index contributed by atoms with van der Waals surface area (Å²) in [7, 11) is 0. The summed E-state index contributed by atoms with van der Waals surface area (Å²) in [5.41, 5.74) is 2.02. The van der Waals surface area contributed by atoms with Gasteiger partial charge in [0, 0.05) is 11.6 Å². The Morgan fingerprint density at radius 2 is 2.13 bits per heavy atom. The van der Waals surface area contributed by atoms with E-state index in [0.29, 0.717) is 10.3 Å². The second kappa shape index (κ2) is 6.88. The third kappa shape index (κ3) is 3.74. The van der Waals surface area contributed by atoms with Crippen molar-refractivity contribution in [3.8, 4) is 5.69 Å². The molecule has 0 aliphatic rings. The Balaban J connectivity index is 1.72. The zero-order valence-corrected chi connectivity index (χ0v) is 14.1. The SMILES string of the molecule is Cc1ccc(-n2nnnc2S[C@@H](C)C(=O)Nc2nccs2)cc1. The average Bonchev–Trinajstić information content (AvgIpc) is 3.20. The zero-order valence-electron chi connectivity index (χ0n) is 12.5. The third-order valence-electron chi connectivity index (χ3n) is 3.03. The zero-order chi connectivity index (χ0) is 16.2. The highest BCUT2D eigenvalue weighted by Gasteiger charge is 2.19. The molecule has 0 unspecified atom stereocenters. The van der Waals surface area contributed by atoms with Gasteiger partial charge in [-0.15, -0.1) is 16.4 Å². The lowest BCUT2D eigenvalue weighted by Gasteiger charge is -2.10. The molecule has 3 aromatic rings. The second-order valence-corrected chi connectivity index (χ2v) is 7.00. The van der Waals surface area contributed by atoms with Crippen molar-refractivity contribution in [1.29, 1.82) is 0 Å². The van der Waals surface area contributed by atoms with Gasteiger partial charge in [0.1, 0.15) is 0 Å². The van der Waals surface area contributed by atoms with Crippen LogP contribution in [0.5, 0.6) is 0 Å². The first-order valence-electron chi connectivity index (χ1n) is 6.86. The monoisotopic (exact) mass is 346 g/mol. The molecular weight excluding hydrogens is 332 g/mol. The van der Waals surface area contributed by atoms with Gasteiger partial charge in [0.25, 0.3) is 0 Å². The molecule has 0 saturated heterocycles. The van der Waals surface area contributed by atoms with E-state index in [-0.39, 0.29) is 11.2 Å². The standard InChI is InChI=1S/C14H14N6OS2/c1-9-3-5-11(6-4-9)20-14(17-18-19-20)23-10(2)12(21)16-13-15-7-8-22-13/h3-8,10H,1-2H3,(H,15,16,21)/t10-/m0/s1. The predicted molar refractivity (Wildman–Crippen MR) is 90.0 cm³/mol. The van der Waals surface area contributed by atoms with Gasteiger partial charge in [0.05, 0.1) is 10.9 Å². The van der Waals surface area contributed by atoms with Gasteiger partial charge in [0.2, 0.25) is 11.1 Å². The van der Waals surface area contributed by atoms with Crippen LogP contribution in [-0.2, 0) is 4.79 Å². The first-order chi connectivity index (χ1) is 11.1. The van der Waals surface area contributed by atoms with Crippen LogP contribution in [0.4, 0.5) is 5.13 Å². The number of thioether (sulfide) groups is 1. The van der Waals surface area contributed by atoms with Crippen LogP contribution in [-0.4, -0.2) is 36.3 Å². The van der Waals surface area contributed by atoms with E-state index >= 15 is 0 Å². The molecule has 9 heteroatoms. The topological polar surface area (TPSA) is 85.6 Å². The Hall–Kier alpha value is -2.26. The molecular formula is C14H14N6OS2. The minimum absolute atomic E-state index is 0.136.